The molecule has 1 aromatic carbocycles. The van der Waals surface area contributed by atoms with E-state index in [-0.39, 0.29) is 17.7 Å². The van der Waals surface area contributed by atoms with Crippen molar-refractivity contribution in [3.05, 3.63) is 28.2 Å². The first kappa shape index (κ1) is 15.3. The second-order valence-corrected chi connectivity index (χ2v) is 6.42. The predicted molar refractivity (Wildman–Crippen MR) is 83.0 cm³/mol. The lowest BCUT2D eigenvalue weighted by Crippen LogP contribution is -2.44. The maximum absolute atomic E-state index is 12.6. The van der Waals surface area contributed by atoms with Crippen molar-refractivity contribution in [3.8, 4) is 5.75 Å². The second-order valence-electron chi connectivity index (χ2n) is 5.51. The molecule has 2 rings (SSSR count). The molecule has 1 aliphatic heterocycles. The number of nitrogens with zero attached hydrogens (tertiary/aromatic N) is 1. The smallest absolute Gasteiger partial charge is 0.257 e. The van der Waals surface area contributed by atoms with Crippen molar-refractivity contribution in [2.75, 3.05) is 13.1 Å². The van der Waals surface area contributed by atoms with Crippen LogP contribution in [0.5, 0.6) is 5.75 Å². The molecule has 0 radical (unpaired) electrons. The van der Waals surface area contributed by atoms with E-state index in [1.165, 1.54) is 0 Å². The van der Waals surface area contributed by atoms with Crippen LogP contribution in [0.15, 0.2) is 22.7 Å². The zero-order valence-electron chi connectivity index (χ0n) is 11.9. The van der Waals surface area contributed by atoms with Crippen LogP contribution in [-0.4, -0.2) is 41.1 Å². The summed E-state index contributed by atoms with van der Waals surface area (Å²) in [5.74, 6) is -0.0897. The van der Waals surface area contributed by atoms with Crippen LogP contribution in [0.2, 0.25) is 0 Å². The zero-order valence-corrected chi connectivity index (χ0v) is 13.5. The van der Waals surface area contributed by atoms with Gasteiger partial charge in [-0.1, -0.05) is 15.9 Å². The van der Waals surface area contributed by atoms with E-state index in [1.807, 2.05) is 18.7 Å². The molecule has 5 heteroatoms. The van der Waals surface area contributed by atoms with Crippen molar-refractivity contribution in [2.24, 2.45) is 0 Å². The fourth-order valence-electron chi connectivity index (χ4n) is 2.52. The van der Waals surface area contributed by atoms with E-state index in [0.29, 0.717) is 18.2 Å². The number of phenols is 1. The number of hydrogen-bond acceptors (Lipinski definition) is 3. The second kappa shape index (κ2) is 6.59. The minimum Gasteiger partial charge on any atom is -0.507 e. The summed E-state index contributed by atoms with van der Waals surface area (Å²) in [7, 11) is 0. The number of carbonyl (C=O) groups excluding carboxylic acids is 1. The molecule has 0 aliphatic carbocycles. The summed E-state index contributed by atoms with van der Waals surface area (Å²) in [5, 5.41) is 13.4. The Bertz CT molecular complexity index is 485. The number of nitrogens with one attached hydrogen (secondary N) is 1. The number of hydrogen-bond donors (Lipinski definition) is 2. The topological polar surface area (TPSA) is 52.6 Å². The molecule has 1 unspecified atom stereocenters. The third-order valence-electron chi connectivity index (χ3n) is 3.65. The van der Waals surface area contributed by atoms with Crippen molar-refractivity contribution in [1.29, 1.82) is 0 Å². The number of amides is 1. The molecule has 1 atom stereocenters. The molecule has 110 valence electrons. The zero-order chi connectivity index (χ0) is 14.7. The van der Waals surface area contributed by atoms with Gasteiger partial charge < -0.3 is 15.3 Å². The van der Waals surface area contributed by atoms with Crippen LogP contribution in [0.4, 0.5) is 0 Å². The summed E-state index contributed by atoms with van der Waals surface area (Å²) in [6.07, 6.45) is 2.26. The Morgan fingerprint density at radius 2 is 2.30 bits per heavy atom. The standard InChI is InChI=1S/C15H21BrN2O2/c1-10(2)18(9-12-4-3-7-17-12)15(20)13-6-5-11(16)8-14(13)19/h5-6,8,10,12,17,19H,3-4,7,9H2,1-2H3. The van der Waals surface area contributed by atoms with Crippen molar-refractivity contribution in [1.82, 2.24) is 10.2 Å². The monoisotopic (exact) mass is 340 g/mol. The van der Waals surface area contributed by atoms with Gasteiger partial charge in [0.15, 0.2) is 0 Å². The average molecular weight is 341 g/mol. The Labute approximate surface area is 128 Å². The maximum atomic E-state index is 12.6. The number of phenolic OH excluding ortho intramolecular Hbond substituents is 1. The van der Waals surface area contributed by atoms with Gasteiger partial charge in [-0.05, 0) is 51.4 Å². The molecule has 1 amide bonds. The molecule has 2 N–H and O–H groups in total. The van der Waals surface area contributed by atoms with Gasteiger partial charge in [0.05, 0.1) is 5.56 Å². The van der Waals surface area contributed by atoms with Crippen molar-refractivity contribution in [3.63, 3.8) is 0 Å². The van der Waals surface area contributed by atoms with Crippen LogP contribution in [-0.2, 0) is 0 Å². The predicted octanol–water partition coefficient (Wildman–Crippen LogP) is 2.76. The molecule has 1 aliphatic rings. The van der Waals surface area contributed by atoms with Crippen LogP contribution in [0, 0.1) is 0 Å². The highest BCUT2D eigenvalue weighted by molar-refractivity contribution is 9.10. The quantitative estimate of drug-likeness (QED) is 0.886. The van der Waals surface area contributed by atoms with Gasteiger partial charge in [0.2, 0.25) is 0 Å². The highest BCUT2D eigenvalue weighted by atomic mass is 79.9. The Kier molecular flexibility index (Phi) is 5.05. The highest BCUT2D eigenvalue weighted by Crippen LogP contribution is 2.24. The fraction of sp³-hybridized carbons (Fsp3) is 0.533. The van der Waals surface area contributed by atoms with Crippen LogP contribution in [0.25, 0.3) is 0 Å². The Morgan fingerprint density at radius 1 is 1.55 bits per heavy atom. The Morgan fingerprint density at radius 3 is 2.85 bits per heavy atom. The van der Waals surface area contributed by atoms with Crippen LogP contribution in [0.1, 0.15) is 37.0 Å². The number of benzene rings is 1. The van der Waals surface area contributed by atoms with Gasteiger partial charge >= 0.3 is 0 Å². The van der Waals surface area contributed by atoms with Gasteiger partial charge in [-0.2, -0.15) is 0 Å². The van der Waals surface area contributed by atoms with Crippen molar-refractivity contribution >= 4 is 21.8 Å². The summed E-state index contributed by atoms with van der Waals surface area (Å²) >= 11 is 3.29. The average Bonchev–Trinajstić information content (AvgIpc) is 2.87. The molecule has 0 aromatic heterocycles. The number of aromatic hydroxyl groups is 1. The van der Waals surface area contributed by atoms with Crippen molar-refractivity contribution < 1.29 is 9.90 Å². The summed E-state index contributed by atoms with van der Waals surface area (Å²) in [4.78, 5) is 14.5. The molecule has 20 heavy (non-hydrogen) atoms. The minimum absolute atomic E-state index is 0.0226. The highest BCUT2D eigenvalue weighted by Gasteiger charge is 2.25. The number of carbonyl (C=O) groups is 1. The van der Waals surface area contributed by atoms with E-state index in [0.717, 1.165) is 23.9 Å². The molecular weight excluding hydrogens is 320 g/mol. The summed E-state index contributed by atoms with van der Waals surface area (Å²) in [6.45, 7) is 5.71. The lowest BCUT2D eigenvalue weighted by Gasteiger charge is -2.30. The van der Waals surface area contributed by atoms with Crippen molar-refractivity contribution in [2.45, 2.75) is 38.8 Å². The Hall–Kier alpha value is -1.07. The third kappa shape index (κ3) is 3.52. The van der Waals surface area contributed by atoms with Crippen LogP contribution in [0.3, 0.4) is 0 Å². The molecule has 4 nitrogen and oxygen atoms in total. The van der Waals surface area contributed by atoms with E-state index in [4.69, 9.17) is 0 Å². The summed E-state index contributed by atoms with van der Waals surface area (Å²) < 4.78 is 0.764. The molecule has 1 aromatic rings. The third-order valence-corrected chi connectivity index (χ3v) is 4.15. The van der Waals surface area contributed by atoms with Crippen LogP contribution >= 0.6 is 15.9 Å². The lowest BCUT2D eigenvalue weighted by atomic mass is 10.1. The normalized spacial score (nSPS) is 18.5. The van der Waals surface area contributed by atoms with Gasteiger partial charge in [-0.15, -0.1) is 0 Å². The van der Waals surface area contributed by atoms with Gasteiger partial charge in [-0.3, -0.25) is 4.79 Å². The van der Waals surface area contributed by atoms with Gasteiger partial charge in [-0.25, -0.2) is 0 Å². The first-order chi connectivity index (χ1) is 9.49. The van der Waals surface area contributed by atoms with E-state index in [9.17, 15) is 9.90 Å². The molecule has 1 heterocycles. The van der Waals surface area contributed by atoms with E-state index < -0.39 is 0 Å². The van der Waals surface area contributed by atoms with E-state index in [2.05, 4.69) is 21.2 Å². The number of rotatable bonds is 4. The van der Waals surface area contributed by atoms with Gasteiger partial charge in [0.25, 0.3) is 5.91 Å². The molecular formula is C15H21BrN2O2. The molecule has 0 bridgehead atoms. The van der Waals surface area contributed by atoms with Gasteiger partial charge in [0, 0.05) is 23.1 Å². The summed E-state index contributed by atoms with van der Waals surface area (Å²) in [6, 6.07) is 5.46. The molecule has 1 saturated heterocycles. The first-order valence-corrected chi connectivity index (χ1v) is 7.81. The largest absolute Gasteiger partial charge is 0.507 e. The lowest BCUT2D eigenvalue weighted by molar-refractivity contribution is 0.0686. The number of halogens is 1. The molecule has 1 fully saturated rings. The summed E-state index contributed by atoms with van der Waals surface area (Å²) in [5.41, 5.74) is 0.361. The van der Waals surface area contributed by atoms with E-state index in [1.54, 1.807) is 18.2 Å². The minimum atomic E-state index is -0.112. The fourth-order valence-corrected chi connectivity index (χ4v) is 2.87. The van der Waals surface area contributed by atoms with Crippen LogP contribution < -0.4 is 5.32 Å². The maximum Gasteiger partial charge on any atom is 0.257 e. The SMILES string of the molecule is CC(C)N(CC1CCCN1)C(=O)c1ccc(Br)cc1O. The Balaban J connectivity index is 2.17. The first-order valence-electron chi connectivity index (χ1n) is 7.02. The van der Waals surface area contributed by atoms with Gasteiger partial charge in [0.1, 0.15) is 5.75 Å². The molecule has 0 saturated carbocycles. The van der Waals surface area contributed by atoms with E-state index >= 15 is 0 Å². The molecule has 0 spiro atoms.